The van der Waals surface area contributed by atoms with E-state index in [1.165, 1.54) is 0 Å². The predicted molar refractivity (Wildman–Crippen MR) is 51.7 cm³/mol. The fraction of sp³-hybridized carbons (Fsp3) is 0.889. The van der Waals surface area contributed by atoms with Gasteiger partial charge in [-0.3, -0.25) is 4.79 Å². The molecule has 5 nitrogen and oxygen atoms in total. The van der Waals surface area contributed by atoms with Crippen molar-refractivity contribution in [2.45, 2.75) is 25.0 Å². The molecule has 82 valence electrons. The summed E-state index contributed by atoms with van der Waals surface area (Å²) in [5, 5.41) is 9.01. The molecule has 5 heteroatoms. The number of nitrogens with two attached hydrogens (primary N) is 1. The molecule has 3 N–H and O–H groups in total. The molecule has 1 fully saturated rings. The summed E-state index contributed by atoms with van der Waals surface area (Å²) < 4.78 is 4.87. The van der Waals surface area contributed by atoms with Gasteiger partial charge >= 0.3 is 0 Å². The molecule has 1 atom stereocenters. The van der Waals surface area contributed by atoms with Gasteiger partial charge in [0, 0.05) is 26.8 Å². The van der Waals surface area contributed by atoms with Crippen LogP contribution in [0.15, 0.2) is 0 Å². The lowest BCUT2D eigenvalue weighted by atomic mass is 10.1. The van der Waals surface area contributed by atoms with Crippen molar-refractivity contribution in [3.63, 3.8) is 0 Å². The third-order valence-corrected chi connectivity index (χ3v) is 2.35. The lowest BCUT2D eigenvalue weighted by molar-refractivity contribution is -0.142. The number of β-amino-alcohol motifs (C(OH)–C–C–N with tert-alkyl or cyclic N) is 1. The first-order valence-corrected chi connectivity index (χ1v) is 4.86. The Morgan fingerprint density at radius 1 is 1.71 bits per heavy atom. The molecule has 0 aromatic rings. The Hall–Kier alpha value is -0.650. The highest BCUT2D eigenvalue weighted by Gasteiger charge is 2.31. The van der Waals surface area contributed by atoms with Crippen molar-refractivity contribution in [1.82, 2.24) is 4.90 Å². The highest BCUT2D eigenvalue weighted by atomic mass is 16.5. The molecule has 1 amide bonds. The number of rotatable bonds is 5. The first-order valence-electron chi connectivity index (χ1n) is 4.86. The number of carbonyl (C=O) groups excluding carboxylic acids is 1. The Morgan fingerprint density at radius 3 is 2.86 bits per heavy atom. The van der Waals surface area contributed by atoms with Crippen molar-refractivity contribution in [1.29, 1.82) is 0 Å². The van der Waals surface area contributed by atoms with Gasteiger partial charge in [-0.25, -0.2) is 0 Å². The van der Waals surface area contributed by atoms with Gasteiger partial charge in [0.1, 0.15) is 0 Å². The van der Waals surface area contributed by atoms with Gasteiger partial charge in [0.2, 0.25) is 5.91 Å². The Morgan fingerprint density at radius 2 is 2.36 bits per heavy atom. The maximum atomic E-state index is 11.5. The number of hydrogen-bond donors (Lipinski definition) is 2. The molecule has 1 aliphatic heterocycles. The van der Waals surface area contributed by atoms with Crippen molar-refractivity contribution < 1.29 is 14.6 Å². The summed E-state index contributed by atoms with van der Waals surface area (Å²) in [5.74, 6) is -0.0635. The molecule has 0 saturated carbocycles. The van der Waals surface area contributed by atoms with E-state index in [1.807, 2.05) is 0 Å². The van der Waals surface area contributed by atoms with Gasteiger partial charge in [-0.15, -0.1) is 0 Å². The summed E-state index contributed by atoms with van der Waals surface area (Å²) in [4.78, 5) is 13.1. The van der Waals surface area contributed by atoms with E-state index in [1.54, 1.807) is 12.0 Å². The molecule has 14 heavy (non-hydrogen) atoms. The van der Waals surface area contributed by atoms with Crippen LogP contribution in [0.2, 0.25) is 0 Å². The number of likely N-dealkylation sites (tertiary alicyclic amines) is 1. The van der Waals surface area contributed by atoms with Gasteiger partial charge in [-0.2, -0.15) is 0 Å². The fourth-order valence-electron chi connectivity index (χ4n) is 1.44. The quantitative estimate of drug-likeness (QED) is 0.557. The van der Waals surface area contributed by atoms with Gasteiger partial charge in [-0.05, 0) is 12.8 Å². The lowest BCUT2D eigenvalue weighted by Gasteiger charge is -2.37. The van der Waals surface area contributed by atoms with Gasteiger partial charge < -0.3 is 20.5 Å². The molecule has 1 unspecified atom stereocenters. The molecule has 1 saturated heterocycles. The second kappa shape index (κ2) is 5.29. The van der Waals surface area contributed by atoms with Crippen LogP contribution in [0, 0.1) is 0 Å². The van der Waals surface area contributed by atoms with E-state index in [2.05, 4.69) is 0 Å². The number of ether oxygens (including phenoxy) is 1. The molecule has 1 aliphatic rings. The zero-order valence-corrected chi connectivity index (χ0v) is 8.48. The average molecular weight is 202 g/mol. The average Bonchev–Trinajstić information content (AvgIpc) is 2.12. The fourth-order valence-corrected chi connectivity index (χ4v) is 1.44. The van der Waals surface area contributed by atoms with E-state index in [0.717, 1.165) is 6.42 Å². The largest absolute Gasteiger partial charge is 0.389 e. The minimum absolute atomic E-state index is 0.0635. The summed E-state index contributed by atoms with van der Waals surface area (Å²) in [5.41, 5.74) is 5.69. The normalized spacial score (nSPS) is 19.2. The minimum atomic E-state index is -0.447. The van der Waals surface area contributed by atoms with Crippen LogP contribution in [0.25, 0.3) is 0 Å². The van der Waals surface area contributed by atoms with E-state index in [4.69, 9.17) is 15.6 Å². The van der Waals surface area contributed by atoms with Crippen molar-refractivity contribution in [2.24, 2.45) is 5.73 Å². The van der Waals surface area contributed by atoms with E-state index < -0.39 is 6.04 Å². The molecule has 1 heterocycles. The topological polar surface area (TPSA) is 75.8 Å². The number of hydrogen-bond acceptors (Lipinski definition) is 4. The Bertz CT molecular complexity index is 192. The van der Waals surface area contributed by atoms with Crippen molar-refractivity contribution in [3.8, 4) is 0 Å². The number of carbonyl (C=O) groups is 1. The van der Waals surface area contributed by atoms with Crippen molar-refractivity contribution in [3.05, 3.63) is 0 Å². The summed E-state index contributed by atoms with van der Waals surface area (Å²) >= 11 is 0. The number of aliphatic hydroxyl groups excluding tert-OH is 1. The van der Waals surface area contributed by atoms with Crippen LogP contribution in [-0.2, 0) is 9.53 Å². The van der Waals surface area contributed by atoms with Gasteiger partial charge in [-0.1, -0.05) is 0 Å². The maximum absolute atomic E-state index is 11.5. The smallest absolute Gasteiger partial charge is 0.239 e. The van der Waals surface area contributed by atoms with Gasteiger partial charge in [0.05, 0.1) is 12.1 Å². The number of methoxy groups -OCH3 is 1. The standard InChI is InChI=1S/C9H18N2O3/c1-14-4-2-3-8(10)9(13)11-5-7(12)6-11/h7-8,12H,2-6,10H2,1H3. The van der Waals surface area contributed by atoms with Crippen LogP contribution >= 0.6 is 0 Å². The van der Waals surface area contributed by atoms with Crippen molar-refractivity contribution in [2.75, 3.05) is 26.8 Å². The molecule has 0 radical (unpaired) electrons. The van der Waals surface area contributed by atoms with Gasteiger partial charge in [0.25, 0.3) is 0 Å². The van der Waals surface area contributed by atoms with Crippen LogP contribution in [0.5, 0.6) is 0 Å². The van der Waals surface area contributed by atoms with Crippen LogP contribution in [-0.4, -0.2) is 54.9 Å². The van der Waals surface area contributed by atoms with Crippen molar-refractivity contribution >= 4 is 5.91 Å². The molecule has 0 aromatic heterocycles. The number of aliphatic hydroxyl groups is 1. The van der Waals surface area contributed by atoms with Crippen LogP contribution in [0.3, 0.4) is 0 Å². The summed E-state index contributed by atoms with van der Waals surface area (Å²) in [6, 6.07) is -0.447. The van der Waals surface area contributed by atoms with Gasteiger partial charge in [0.15, 0.2) is 0 Å². The second-order valence-corrected chi connectivity index (χ2v) is 3.64. The highest BCUT2D eigenvalue weighted by Crippen LogP contribution is 2.10. The summed E-state index contributed by atoms with van der Waals surface area (Å²) in [6.07, 6.45) is 1.07. The summed E-state index contributed by atoms with van der Waals surface area (Å²) in [7, 11) is 1.62. The first-order chi connectivity index (χ1) is 6.65. The van der Waals surface area contributed by atoms with E-state index in [9.17, 15) is 4.79 Å². The Balaban J connectivity index is 2.16. The lowest BCUT2D eigenvalue weighted by Crippen LogP contribution is -2.57. The number of amides is 1. The molecule has 0 bridgehead atoms. The Labute approximate surface area is 83.8 Å². The minimum Gasteiger partial charge on any atom is -0.389 e. The molecular formula is C9H18N2O3. The van der Waals surface area contributed by atoms with Crippen LogP contribution in [0.1, 0.15) is 12.8 Å². The number of nitrogens with zero attached hydrogens (tertiary/aromatic N) is 1. The molecule has 1 rings (SSSR count). The second-order valence-electron chi connectivity index (χ2n) is 3.64. The zero-order valence-electron chi connectivity index (χ0n) is 8.48. The maximum Gasteiger partial charge on any atom is 0.239 e. The van der Waals surface area contributed by atoms with E-state index in [-0.39, 0.29) is 12.0 Å². The summed E-state index contributed by atoms with van der Waals surface area (Å²) in [6.45, 7) is 1.48. The zero-order chi connectivity index (χ0) is 10.6. The van der Waals surface area contributed by atoms with Crippen LogP contribution < -0.4 is 5.73 Å². The molecular weight excluding hydrogens is 184 g/mol. The highest BCUT2D eigenvalue weighted by molar-refractivity contribution is 5.82. The molecule has 0 aromatic carbocycles. The van der Waals surface area contributed by atoms with E-state index >= 15 is 0 Å². The first kappa shape index (κ1) is 11.4. The molecule has 0 aliphatic carbocycles. The predicted octanol–water partition coefficient (Wildman–Crippen LogP) is -1.06. The third kappa shape index (κ3) is 2.94. The van der Waals surface area contributed by atoms with E-state index in [0.29, 0.717) is 26.1 Å². The monoisotopic (exact) mass is 202 g/mol. The molecule has 0 spiro atoms. The third-order valence-electron chi connectivity index (χ3n) is 2.35. The van der Waals surface area contributed by atoms with Crippen LogP contribution in [0.4, 0.5) is 0 Å². The SMILES string of the molecule is COCCCC(N)C(=O)N1CC(O)C1. The Kier molecular flexibility index (Phi) is 4.31.